The van der Waals surface area contributed by atoms with Crippen LogP contribution in [0.5, 0.6) is 0 Å². The van der Waals surface area contributed by atoms with Crippen LogP contribution in [0.1, 0.15) is 27.8 Å². The van der Waals surface area contributed by atoms with Gasteiger partial charge in [0.25, 0.3) is 0 Å². The molecule has 0 spiro atoms. The van der Waals surface area contributed by atoms with Crippen molar-refractivity contribution in [3.05, 3.63) is 131 Å². The number of hydrazone groups is 1. The van der Waals surface area contributed by atoms with Crippen LogP contribution in [0.3, 0.4) is 0 Å². The fourth-order valence-electron chi connectivity index (χ4n) is 4.93. The second-order valence-electron chi connectivity index (χ2n) is 10.2. The van der Waals surface area contributed by atoms with Crippen LogP contribution in [0.15, 0.2) is 108 Å². The van der Waals surface area contributed by atoms with E-state index in [1.807, 2.05) is 72.8 Å². The van der Waals surface area contributed by atoms with Crippen LogP contribution in [0, 0.1) is 0 Å². The van der Waals surface area contributed by atoms with Crippen molar-refractivity contribution in [2.75, 3.05) is 9.80 Å². The van der Waals surface area contributed by atoms with Gasteiger partial charge in [0.1, 0.15) is 6.34 Å². The van der Waals surface area contributed by atoms with E-state index in [-0.39, 0.29) is 37.9 Å². The maximum Gasteiger partial charge on any atom is 0.238 e. The summed E-state index contributed by atoms with van der Waals surface area (Å²) in [6, 6.07) is 30.6. The minimum absolute atomic E-state index is 0.0345. The molecule has 0 saturated carbocycles. The summed E-state index contributed by atoms with van der Waals surface area (Å²) in [5.74, 6) is 3.59. The van der Waals surface area contributed by atoms with Crippen molar-refractivity contribution in [3.63, 3.8) is 0 Å². The van der Waals surface area contributed by atoms with Gasteiger partial charge in [-0.15, -0.1) is 0 Å². The minimum Gasteiger partial charge on any atom is -0.369 e. The van der Waals surface area contributed by atoms with Gasteiger partial charge in [-0.3, -0.25) is 19.2 Å². The van der Waals surface area contributed by atoms with E-state index < -0.39 is 23.6 Å². The number of rotatable bonds is 13. The van der Waals surface area contributed by atoms with Crippen LogP contribution >= 0.6 is 0 Å². The summed E-state index contributed by atoms with van der Waals surface area (Å²) < 4.78 is 0. The number of carbonyl (C=O) groups excluding carboxylic acids is 4. The minimum atomic E-state index is -0.648. The summed E-state index contributed by atoms with van der Waals surface area (Å²) in [5, 5.41) is 3.72. The molecule has 0 heterocycles. The van der Waals surface area contributed by atoms with E-state index in [9.17, 15) is 19.2 Å². The molecule has 0 aliphatic rings. The number of hydrogen-bond donors (Lipinski definition) is 3. The number of hydrogen-bond acceptors (Lipinski definition) is 6. The van der Waals surface area contributed by atoms with Crippen LogP contribution in [-0.4, -0.2) is 30.0 Å². The van der Waals surface area contributed by atoms with Gasteiger partial charge in [0, 0.05) is 17.8 Å². The second-order valence-corrected chi connectivity index (χ2v) is 10.2. The first kappa shape index (κ1) is 31.2. The maximum absolute atomic E-state index is 13.9. The number of imide groups is 1. The molecule has 0 fully saturated rings. The first-order valence-electron chi connectivity index (χ1n) is 13.9. The molecule has 4 amide bonds. The lowest BCUT2D eigenvalue weighted by atomic mass is 10.0. The number of nitrogens with two attached hydrogens (primary N) is 3. The van der Waals surface area contributed by atoms with E-state index >= 15 is 0 Å². The zero-order valence-corrected chi connectivity index (χ0v) is 24.1. The van der Waals surface area contributed by atoms with E-state index in [1.165, 1.54) is 6.34 Å². The topological polar surface area (TPSA) is 165 Å². The predicted octanol–water partition coefficient (Wildman–Crippen LogP) is 3.00. The molecule has 10 heteroatoms. The van der Waals surface area contributed by atoms with Crippen molar-refractivity contribution >= 4 is 41.3 Å². The molecule has 10 nitrogen and oxygen atoms in total. The standard InChI is InChI=1S/C34H34N6O4/c35-31(41)18-26-14-16-27(17-15-26)22-39(23-38-37)29-12-7-13-30(28(29)21-32(36)42)40(33(43)19-24-8-3-1-4-9-24)34(44)20-25-10-5-2-6-11-25/h1-17,23H,18-22,37H2,(H2,35,41)(H2,36,42)/b38-23+. The number of carbonyl (C=O) groups is 4. The molecule has 44 heavy (non-hydrogen) atoms. The van der Waals surface area contributed by atoms with Crippen LogP contribution in [0.4, 0.5) is 11.4 Å². The Labute approximate surface area is 255 Å². The van der Waals surface area contributed by atoms with E-state index in [2.05, 4.69) is 5.10 Å². The summed E-state index contributed by atoms with van der Waals surface area (Å²) >= 11 is 0. The van der Waals surface area contributed by atoms with Gasteiger partial charge in [0.15, 0.2) is 0 Å². The van der Waals surface area contributed by atoms with Crippen LogP contribution in [0.2, 0.25) is 0 Å². The summed E-state index contributed by atoms with van der Waals surface area (Å²) in [6.07, 6.45) is 1.18. The highest BCUT2D eigenvalue weighted by Crippen LogP contribution is 2.33. The Morgan fingerprint density at radius 1 is 0.568 bits per heavy atom. The zero-order valence-electron chi connectivity index (χ0n) is 24.1. The third-order valence-electron chi connectivity index (χ3n) is 6.88. The Morgan fingerprint density at radius 3 is 1.55 bits per heavy atom. The molecule has 0 bridgehead atoms. The third kappa shape index (κ3) is 8.39. The molecule has 0 aliphatic heterocycles. The normalized spacial score (nSPS) is 10.8. The number of primary amides is 2. The van der Waals surface area contributed by atoms with E-state index in [0.717, 1.165) is 27.2 Å². The first-order chi connectivity index (χ1) is 21.2. The molecule has 0 aliphatic carbocycles. The quantitative estimate of drug-likeness (QED) is 0.0937. The molecule has 4 aromatic carbocycles. The highest BCUT2D eigenvalue weighted by atomic mass is 16.2. The molecule has 0 atom stereocenters. The molecule has 0 aromatic heterocycles. The molecule has 224 valence electrons. The van der Waals surface area contributed by atoms with Gasteiger partial charge in [-0.25, -0.2) is 4.90 Å². The Hall–Kier alpha value is -5.77. The molecule has 4 aromatic rings. The zero-order chi connectivity index (χ0) is 31.5. The SMILES string of the molecule is N/N=C/N(Cc1ccc(CC(N)=O)cc1)c1cccc(N(C(=O)Cc2ccccc2)C(=O)Cc2ccccc2)c1CC(N)=O. The molecule has 0 radical (unpaired) electrons. The average molecular weight is 591 g/mol. The van der Waals surface area contributed by atoms with Crippen LogP contribution in [-0.2, 0) is 51.4 Å². The summed E-state index contributed by atoms with van der Waals surface area (Å²) in [4.78, 5) is 54.3. The van der Waals surface area contributed by atoms with Gasteiger partial charge in [-0.1, -0.05) is 91.0 Å². The largest absolute Gasteiger partial charge is 0.369 e. The predicted molar refractivity (Wildman–Crippen MR) is 170 cm³/mol. The fraction of sp³-hybridized carbons (Fsp3) is 0.147. The molecule has 0 unspecified atom stereocenters. The van der Waals surface area contributed by atoms with Gasteiger partial charge in [-0.05, 0) is 34.4 Å². The van der Waals surface area contributed by atoms with Crippen molar-refractivity contribution in [2.45, 2.75) is 32.2 Å². The third-order valence-corrected chi connectivity index (χ3v) is 6.88. The van der Waals surface area contributed by atoms with Gasteiger partial charge >= 0.3 is 0 Å². The summed E-state index contributed by atoms with van der Waals surface area (Å²) in [5.41, 5.74) is 15.2. The lowest BCUT2D eigenvalue weighted by Gasteiger charge is -2.28. The second kappa shape index (κ2) is 14.9. The van der Waals surface area contributed by atoms with Gasteiger partial charge in [-0.2, -0.15) is 5.10 Å². The van der Waals surface area contributed by atoms with Gasteiger partial charge in [0.2, 0.25) is 23.6 Å². The van der Waals surface area contributed by atoms with Crippen molar-refractivity contribution in [3.8, 4) is 0 Å². The molecular formula is C34H34N6O4. The molecular weight excluding hydrogens is 556 g/mol. The van der Waals surface area contributed by atoms with Crippen molar-refractivity contribution in [1.82, 2.24) is 0 Å². The Kier molecular flexibility index (Phi) is 10.6. The number of nitrogens with zero attached hydrogens (tertiary/aromatic N) is 3. The average Bonchev–Trinajstić information content (AvgIpc) is 2.99. The lowest BCUT2D eigenvalue weighted by molar-refractivity contribution is -0.126. The maximum atomic E-state index is 13.9. The number of anilines is 2. The lowest BCUT2D eigenvalue weighted by Crippen LogP contribution is -2.40. The van der Waals surface area contributed by atoms with Crippen LogP contribution < -0.4 is 27.1 Å². The first-order valence-corrected chi connectivity index (χ1v) is 13.9. The Morgan fingerprint density at radius 2 is 1.05 bits per heavy atom. The fourth-order valence-corrected chi connectivity index (χ4v) is 4.93. The number of amides is 4. The Balaban J connectivity index is 1.78. The van der Waals surface area contributed by atoms with Crippen molar-refractivity contribution in [1.29, 1.82) is 0 Å². The number of benzene rings is 4. The smallest absolute Gasteiger partial charge is 0.238 e. The van der Waals surface area contributed by atoms with Crippen molar-refractivity contribution < 1.29 is 19.2 Å². The highest BCUT2D eigenvalue weighted by molar-refractivity contribution is 6.17. The molecule has 6 N–H and O–H groups in total. The van der Waals surface area contributed by atoms with E-state index in [4.69, 9.17) is 17.3 Å². The van der Waals surface area contributed by atoms with Crippen LogP contribution in [0.25, 0.3) is 0 Å². The molecule has 4 rings (SSSR count). The Bertz CT molecular complexity index is 1590. The summed E-state index contributed by atoms with van der Waals surface area (Å²) in [7, 11) is 0. The van der Waals surface area contributed by atoms with Gasteiger partial charge < -0.3 is 22.2 Å². The van der Waals surface area contributed by atoms with Crippen molar-refractivity contribution in [2.24, 2.45) is 22.4 Å². The van der Waals surface area contributed by atoms with E-state index in [1.54, 1.807) is 35.2 Å². The van der Waals surface area contributed by atoms with Gasteiger partial charge in [0.05, 0.1) is 31.4 Å². The van der Waals surface area contributed by atoms with E-state index in [0.29, 0.717) is 11.3 Å². The highest BCUT2D eigenvalue weighted by Gasteiger charge is 2.28. The summed E-state index contributed by atoms with van der Waals surface area (Å²) in [6.45, 7) is 0.267. The molecule has 0 saturated heterocycles. The monoisotopic (exact) mass is 590 g/mol.